The first kappa shape index (κ1) is 17.7. The number of hydrogen-bond acceptors (Lipinski definition) is 4. The van der Waals surface area contributed by atoms with Crippen molar-refractivity contribution in [2.45, 2.75) is 44.4 Å². The first-order valence-electron chi connectivity index (χ1n) is 9.72. The lowest BCUT2D eigenvalue weighted by Crippen LogP contribution is -2.34. The molecule has 2 aliphatic carbocycles. The summed E-state index contributed by atoms with van der Waals surface area (Å²) in [5.74, 6) is 2.19. The highest BCUT2D eigenvalue weighted by atomic mass is 79.9. The summed E-state index contributed by atoms with van der Waals surface area (Å²) in [5, 5.41) is 9.04. The standard InChI is InChI=1S/C22H20BrN3O2/c23-21-9-18(2-1-13(21)10-24)28-19-7-15-5-17(6-16(15)8-19)26-12-14-3-4-25-11-20(14)22(26)27/h1-4,9,11,15-17,19H,5-8,12H2. The zero-order valence-electron chi connectivity index (χ0n) is 15.3. The molecule has 1 aromatic heterocycles. The lowest BCUT2D eigenvalue weighted by molar-refractivity contribution is 0.0693. The van der Waals surface area contributed by atoms with Crippen molar-refractivity contribution in [3.63, 3.8) is 0 Å². The molecule has 0 spiro atoms. The molecule has 5 rings (SSSR count). The van der Waals surface area contributed by atoms with E-state index in [4.69, 9.17) is 10.00 Å². The topological polar surface area (TPSA) is 66.2 Å². The van der Waals surface area contributed by atoms with Crippen LogP contribution in [0.1, 0.15) is 47.2 Å². The third kappa shape index (κ3) is 2.98. The van der Waals surface area contributed by atoms with E-state index in [1.807, 2.05) is 18.2 Å². The number of pyridine rings is 1. The summed E-state index contributed by atoms with van der Waals surface area (Å²) in [4.78, 5) is 18.9. The maximum Gasteiger partial charge on any atom is 0.256 e. The highest BCUT2D eigenvalue weighted by molar-refractivity contribution is 9.10. The van der Waals surface area contributed by atoms with Crippen molar-refractivity contribution in [1.29, 1.82) is 5.26 Å². The second-order valence-electron chi connectivity index (χ2n) is 8.08. The Morgan fingerprint density at radius 1 is 1.18 bits per heavy atom. The minimum Gasteiger partial charge on any atom is -0.490 e. The zero-order chi connectivity index (χ0) is 19.3. The van der Waals surface area contributed by atoms with E-state index >= 15 is 0 Å². The third-order valence-corrected chi connectivity index (χ3v) is 7.15. The lowest BCUT2D eigenvalue weighted by atomic mass is 10.0. The minimum atomic E-state index is 0.142. The van der Waals surface area contributed by atoms with E-state index in [9.17, 15) is 4.79 Å². The van der Waals surface area contributed by atoms with Crippen LogP contribution in [0.2, 0.25) is 0 Å². The van der Waals surface area contributed by atoms with E-state index in [1.54, 1.807) is 18.5 Å². The van der Waals surface area contributed by atoms with Gasteiger partial charge in [0.2, 0.25) is 0 Å². The summed E-state index contributed by atoms with van der Waals surface area (Å²) in [6.45, 7) is 0.722. The van der Waals surface area contributed by atoms with Gasteiger partial charge in [-0.15, -0.1) is 0 Å². The van der Waals surface area contributed by atoms with Gasteiger partial charge in [0, 0.05) is 29.5 Å². The first-order valence-corrected chi connectivity index (χ1v) is 10.5. The second-order valence-corrected chi connectivity index (χ2v) is 8.93. The number of nitriles is 1. The summed E-state index contributed by atoms with van der Waals surface area (Å²) in [6, 6.07) is 9.98. The molecule has 0 radical (unpaired) electrons. The Hall–Kier alpha value is -2.39. The maximum absolute atomic E-state index is 12.7. The van der Waals surface area contributed by atoms with Crippen LogP contribution < -0.4 is 4.74 Å². The highest BCUT2D eigenvalue weighted by Crippen LogP contribution is 2.48. The first-order chi connectivity index (χ1) is 13.6. The number of nitrogens with zero attached hydrogens (tertiary/aromatic N) is 3. The fourth-order valence-electron chi connectivity index (χ4n) is 5.19. The van der Waals surface area contributed by atoms with Crippen LogP contribution in [0.5, 0.6) is 5.75 Å². The van der Waals surface area contributed by atoms with Gasteiger partial charge in [-0.25, -0.2) is 0 Å². The number of carbonyl (C=O) groups excluding carboxylic acids is 1. The van der Waals surface area contributed by atoms with Gasteiger partial charge in [-0.05, 0) is 83.3 Å². The van der Waals surface area contributed by atoms with E-state index in [0.717, 1.165) is 53.6 Å². The molecule has 2 atom stereocenters. The molecule has 2 fully saturated rings. The Bertz CT molecular complexity index is 972. The molecule has 1 aromatic carbocycles. The molecule has 1 aliphatic heterocycles. The summed E-state index contributed by atoms with van der Waals surface area (Å²) in [5.41, 5.74) is 2.49. The average molecular weight is 438 g/mol. The fourth-order valence-corrected chi connectivity index (χ4v) is 5.64. The summed E-state index contributed by atoms with van der Waals surface area (Å²) in [6.07, 6.45) is 7.88. The number of halogens is 1. The largest absolute Gasteiger partial charge is 0.490 e. The molecule has 0 N–H and O–H groups in total. The molecule has 1 amide bonds. The SMILES string of the molecule is N#Cc1ccc(OC2CC3CC(N4Cc5ccncc5C4=O)CC3C2)cc1Br. The predicted octanol–water partition coefficient (Wildman–Crippen LogP) is 4.31. The Labute approximate surface area is 172 Å². The van der Waals surface area contributed by atoms with Crippen LogP contribution in [0.15, 0.2) is 41.1 Å². The molecule has 28 heavy (non-hydrogen) atoms. The normalized spacial score (nSPS) is 28.1. The monoisotopic (exact) mass is 437 g/mol. The van der Waals surface area contributed by atoms with Gasteiger partial charge in [-0.2, -0.15) is 5.26 Å². The van der Waals surface area contributed by atoms with Gasteiger partial charge in [0.25, 0.3) is 5.91 Å². The van der Waals surface area contributed by atoms with Crippen LogP contribution in [0.3, 0.4) is 0 Å². The summed E-state index contributed by atoms with van der Waals surface area (Å²) >= 11 is 3.42. The van der Waals surface area contributed by atoms with Crippen LogP contribution in [0.25, 0.3) is 0 Å². The number of fused-ring (bicyclic) bond motifs is 2. The van der Waals surface area contributed by atoms with Crippen molar-refractivity contribution >= 4 is 21.8 Å². The smallest absolute Gasteiger partial charge is 0.256 e. The maximum atomic E-state index is 12.7. The Morgan fingerprint density at radius 2 is 1.96 bits per heavy atom. The quantitative estimate of drug-likeness (QED) is 0.717. The molecule has 5 nitrogen and oxygen atoms in total. The molecule has 0 bridgehead atoms. The van der Waals surface area contributed by atoms with Crippen LogP contribution in [-0.2, 0) is 6.54 Å². The Kier molecular flexibility index (Phi) is 4.36. The Balaban J connectivity index is 1.21. The number of benzene rings is 1. The predicted molar refractivity (Wildman–Crippen MR) is 107 cm³/mol. The van der Waals surface area contributed by atoms with Crippen molar-refractivity contribution in [1.82, 2.24) is 9.88 Å². The van der Waals surface area contributed by atoms with Gasteiger partial charge in [0.15, 0.2) is 0 Å². The second kappa shape index (κ2) is 6.89. The molecule has 3 aliphatic rings. The number of carbonyl (C=O) groups is 1. The van der Waals surface area contributed by atoms with Crippen molar-refractivity contribution in [2.24, 2.45) is 11.8 Å². The van der Waals surface area contributed by atoms with Crippen LogP contribution in [0.4, 0.5) is 0 Å². The Morgan fingerprint density at radius 3 is 2.64 bits per heavy atom. The number of ether oxygens (including phenoxy) is 1. The number of aromatic nitrogens is 1. The van der Waals surface area contributed by atoms with Gasteiger partial charge < -0.3 is 9.64 Å². The minimum absolute atomic E-state index is 0.142. The van der Waals surface area contributed by atoms with Crippen molar-refractivity contribution in [3.8, 4) is 11.8 Å². The number of rotatable bonds is 3. The molecule has 6 heteroatoms. The highest BCUT2D eigenvalue weighted by Gasteiger charge is 2.46. The molecule has 2 saturated carbocycles. The summed E-state index contributed by atoms with van der Waals surface area (Å²) < 4.78 is 6.97. The molecule has 0 saturated heterocycles. The van der Waals surface area contributed by atoms with E-state index < -0.39 is 0 Å². The molecular weight excluding hydrogens is 418 g/mol. The molecule has 2 heterocycles. The van der Waals surface area contributed by atoms with Gasteiger partial charge in [0.05, 0.1) is 17.2 Å². The van der Waals surface area contributed by atoms with E-state index in [2.05, 4.69) is 31.9 Å². The molecule has 2 unspecified atom stereocenters. The van der Waals surface area contributed by atoms with Gasteiger partial charge in [0.1, 0.15) is 11.8 Å². The molecular formula is C22H20BrN3O2. The van der Waals surface area contributed by atoms with E-state index in [0.29, 0.717) is 23.4 Å². The third-order valence-electron chi connectivity index (χ3n) is 6.50. The van der Waals surface area contributed by atoms with Gasteiger partial charge in [-0.1, -0.05) is 0 Å². The van der Waals surface area contributed by atoms with E-state index in [1.165, 1.54) is 0 Å². The number of hydrogen-bond donors (Lipinski definition) is 0. The van der Waals surface area contributed by atoms with Crippen LogP contribution in [-0.4, -0.2) is 27.9 Å². The summed E-state index contributed by atoms with van der Waals surface area (Å²) in [7, 11) is 0. The van der Waals surface area contributed by atoms with Crippen LogP contribution in [0, 0.1) is 23.2 Å². The van der Waals surface area contributed by atoms with Crippen LogP contribution >= 0.6 is 15.9 Å². The molecule has 142 valence electrons. The van der Waals surface area contributed by atoms with Gasteiger partial charge >= 0.3 is 0 Å². The zero-order valence-corrected chi connectivity index (χ0v) is 16.9. The van der Waals surface area contributed by atoms with E-state index in [-0.39, 0.29) is 12.0 Å². The number of amides is 1. The fraction of sp³-hybridized carbons (Fsp3) is 0.409. The van der Waals surface area contributed by atoms with Gasteiger partial charge in [-0.3, -0.25) is 9.78 Å². The van der Waals surface area contributed by atoms with Crippen molar-refractivity contribution in [3.05, 3.63) is 57.8 Å². The molecule has 2 aromatic rings. The van der Waals surface area contributed by atoms with Crippen molar-refractivity contribution < 1.29 is 9.53 Å². The lowest BCUT2D eigenvalue weighted by Gasteiger charge is -2.25. The van der Waals surface area contributed by atoms with Crippen molar-refractivity contribution in [2.75, 3.05) is 0 Å². The average Bonchev–Trinajstić information content (AvgIpc) is 3.34.